The quantitative estimate of drug-likeness (QED) is 0.577. The molecule has 0 unspecified atom stereocenters. The van der Waals surface area contributed by atoms with E-state index in [4.69, 9.17) is 4.52 Å². The summed E-state index contributed by atoms with van der Waals surface area (Å²) in [5, 5.41) is 4.05. The van der Waals surface area contributed by atoms with Crippen molar-refractivity contribution >= 4 is 23.2 Å². The van der Waals surface area contributed by atoms with Crippen molar-refractivity contribution in [3.05, 3.63) is 70.0 Å². The molecule has 0 saturated heterocycles. The van der Waals surface area contributed by atoms with Crippen LogP contribution < -0.4 is 5.69 Å². The fourth-order valence-electron chi connectivity index (χ4n) is 3.01. The van der Waals surface area contributed by atoms with Gasteiger partial charge in [0.05, 0.1) is 11.0 Å². The van der Waals surface area contributed by atoms with E-state index in [9.17, 15) is 4.79 Å². The molecular formula is C21H20N4O2. The molecular weight excluding hydrogens is 340 g/mol. The van der Waals surface area contributed by atoms with E-state index in [1.54, 1.807) is 10.6 Å². The van der Waals surface area contributed by atoms with Gasteiger partial charge in [-0.05, 0) is 43.2 Å². The van der Waals surface area contributed by atoms with Gasteiger partial charge in [-0.3, -0.25) is 4.57 Å². The molecule has 1 N–H and O–H groups in total. The largest absolute Gasteiger partial charge is 0.334 e. The van der Waals surface area contributed by atoms with Crippen LogP contribution in [-0.2, 0) is 6.54 Å². The molecule has 6 heteroatoms. The number of aryl methyl sites for hydroxylation is 2. The number of imidazole rings is 1. The Hall–Kier alpha value is -3.41. The van der Waals surface area contributed by atoms with E-state index in [-0.39, 0.29) is 5.69 Å². The van der Waals surface area contributed by atoms with Crippen LogP contribution in [0.3, 0.4) is 0 Å². The van der Waals surface area contributed by atoms with Gasteiger partial charge in [-0.2, -0.15) is 4.98 Å². The lowest BCUT2D eigenvalue weighted by molar-refractivity contribution is 0.411. The Morgan fingerprint density at radius 2 is 1.96 bits per heavy atom. The Balaban J connectivity index is 1.61. The molecule has 0 aliphatic carbocycles. The van der Waals surface area contributed by atoms with Crippen LogP contribution in [-0.4, -0.2) is 19.7 Å². The second kappa shape index (κ2) is 7.07. The van der Waals surface area contributed by atoms with E-state index in [2.05, 4.69) is 34.2 Å². The number of rotatable bonds is 5. The SMILES string of the molecule is CCCn1c(=O)[nH]c2cc(-c3noc(/C=C/c4ccc(C)cc4)n3)ccc21. The Bertz CT molecular complexity index is 1160. The highest BCUT2D eigenvalue weighted by Crippen LogP contribution is 2.21. The lowest BCUT2D eigenvalue weighted by Crippen LogP contribution is -2.16. The summed E-state index contributed by atoms with van der Waals surface area (Å²) in [7, 11) is 0. The van der Waals surface area contributed by atoms with Gasteiger partial charge < -0.3 is 9.51 Å². The normalized spacial score (nSPS) is 11.6. The zero-order valence-corrected chi connectivity index (χ0v) is 15.3. The molecule has 4 rings (SSSR count). The Kier molecular flexibility index (Phi) is 4.46. The Morgan fingerprint density at radius 1 is 1.15 bits per heavy atom. The van der Waals surface area contributed by atoms with Crippen molar-refractivity contribution in [2.45, 2.75) is 26.8 Å². The summed E-state index contributed by atoms with van der Waals surface area (Å²) in [5.41, 5.74) is 4.64. The molecule has 0 spiro atoms. The molecule has 6 nitrogen and oxygen atoms in total. The van der Waals surface area contributed by atoms with Crippen LogP contribution in [0.15, 0.2) is 51.8 Å². The van der Waals surface area contributed by atoms with Gasteiger partial charge in [-0.1, -0.05) is 41.9 Å². The second-order valence-corrected chi connectivity index (χ2v) is 6.51. The molecule has 0 radical (unpaired) electrons. The van der Waals surface area contributed by atoms with Crippen molar-refractivity contribution in [3.8, 4) is 11.4 Å². The third-order valence-electron chi connectivity index (χ3n) is 4.42. The van der Waals surface area contributed by atoms with Crippen LogP contribution in [0.4, 0.5) is 0 Å². The first kappa shape index (κ1) is 17.0. The molecule has 0 atom stereocenters. The van der Waals surface area contributed by atoms with Gasteiger partial charge in [-0.15, -0.1) is 0 Å². The average molecular weight is 360 g/mol. The first-order chi connectivity index (χ1) is 13.1. The fourth-order valence-corrected chi connectivity index (χ4v) is 3.01. The number of hydrogen-bond donors (Lipinski definition) is 1. The molecule has 136 valence electrons. The highest BCUT2D eigenvalue weighted by Gasteiger charge is 2.11. The van der Waals surface area contributed by atoms with Crippen LogP contribution >= 0.6 is 0 Å². The van der Waals surface area contributed by atoms with Crippen LogP contribution in [0.2, 0.25) is 0 Å². The van der Waals surface area contributed by atoms with Crippen LogP contribution in [0, 0.1) is 6.92 Å². The predicted molar refractivity (Wildman–Crippen MR) is 106 cm³/mol. The molecule has 0 aliphatic rings. The van der Waals surface area contributed by atoms with Crippen molar-refractivity contribution in [1.82, 2.24) is 19.7 Å². The van der Waals surface area contributed by atoms with Crippen molar-refractivity contribution in [2.24, 2.45) is 0 Å². The number of fused-ring (bicyclic) bond motifs is 1. The first-order valence-corrected chi connectivity index (χ1v) is 8.95. The number of nitrogens with zero attached hydrogens (tertiary/aromatic N) is 3. The minimum absolute atomic E-state index is 0.0983. The molecule has 2 heterocycles. The maximum Gasteiger partial charge on any atom is 0.326 e. The Morgan fingerprint density at radius 3 is 2.74 bits per heavy atom. The lowest BCUT2D eigenvalue weighted by Gasteiger charge is -2.00. The summed E-state index contributed by atoms with van der Waals surface area (Å²) in [5.74, 6) is 0.923. The van der Waals surface area contributed by atoms with Gasteiger partial charge in [0.25, 0.3) is 5.89 Å². The van der Waals surface area contributed by atoms with Gasteiger partial charge in [0.1, 0.15) is 0 Å². The molecule has 0 amide bonds. The van der Waals surface area contributed by atoms with E-state index in [1.807, 2.05) is 43.3 Å². The molecule has 4 aromatic rings. The number of nitrogens with one attached hydrogen (secondary N) is 1. The van der Waals surface area contributed by atoms with Gasteiger partial charge in [0.2, 0.25) is 5.82 Å². The number of benzene rings is 2. The summed E-state index contributed by atoms with van der Waals surface area (Å²) in [6.45, 7) is 4.79. The number of aromatic nitrogens is 4. The maximum absolute atomic E-state index is 12.1. The molecule has 2 aromatic carbocycles. The highest BCUT2D eigenvalue weighted by atomic mass is 16.5. The number of hydrogen-bond acceptors (Lipinski definition) is 4. The summed E-state index contributed by atoms with van der Waals surface area (Å²) >= 11 is 0. The highest BCUT2D eigenvalue weighted by molar-refractivity contribution is 5.80. The molecule has 0 bridgehead atoms. The third-order valence-corrected chi connectivity index (χ3v) is 4.42. The molecule has 0 fully saturated rings. The summed E-state index contributed by atoms with van der Waals surface area (Å²) in [6.07, 6.45) is 4.62. The minimum Gasteiger partial charge on any atom is -0.334 e. The zero-order chi connectivity index (χ0) is 18.8. The van der Waals surface area contributed by atoms with E-state index in [0.29, 0.717) is 18.3 Å². The average Bonchev–Trinajstić information content (AvgIpc) is 3.26. The third kappa shape index (κ3) is 3.46. The van der Waals surface area contributed by atoms with Gasteiger partial charge >= 0.3 is 5.69 Å². The lowest BCUT2D eigenvalue weighted by atomic mass is 10.1. The van der Waals surface area contributed by atoms with E-state index in [0.717, 1.165) is 28.6 Å². The molecule has 2 aromatic heterocycles. The molecule has 0 saturated carbocycles. The van der Waals surface area contributed by atoms with E-state index in [1.165, 1.54) is 5.56 Å². The van der Waals surface area contributed by atoms with Crippen LogP contribution in [0.1, 0.15) is 30.4 Å². The smallest absolute Gasteiger partial charge is 0.326 e. The number of H-pyrrole nitrogens is 1. The topological polar surface area (TPSA) is 76.7 Å². The fraction of sp³-hybridized carbons (Fsp3) is 0.190. The monoisotopic (exact) mass is 360 g/mol. The van der Waals surface area contributed by atoms with Crippen molar-refractivity contribution in [1.29, 1.82) is 0 Å². The minimum atomic E-state index is -0.0983. The second-order valence-electron chi connectivity index (χ2n) is 6.51. The Labute approximate surface area is 156 Å². The van der Waals surface area contributed by atoms with E-state index >= 15 is 0 Å². The first-order valence-electron chi connectivity index (χ1n) is 8.95. The van der Waals surface area contributed by atoms with Crippen molar-refractivity contribution in [2.75, 3.05) is 0 Å². The van der Waals surface area contributed by atoms with Crippen LogP contribution in [0.5, 0.6) is 0 Å². The van der Waals surface area contributed by atoms with Crippen molar-refractivity contribution in [3.63, 3.8) is 0 Å². The van der Waals surface area contributed by atoms with E-state index < -0.39 is 0 Å². The number of aromatic amines is 1. The van der Waals surface area contributed by atoms with Crippen molar-refractivity contribution < 1.29 is 4.52 Å². The maximum atomic E-state index is 12.1. The predicted octanol–water partition coefficient (Wildman–Crippen LogP) is 4.27. The molecule has 27 heavy (non-hydrogen) atoms. The zero-order valence-electron chi connectivity index (χ0n) is 15.3. The summed E-state index contributed by atoms with van der Waals surface area (Å²) in [4.78, 5) is 19.4. The summed E-state index contributed by atoms with van der Waals surface area (Å²) in [6, 6.07) is 13.9. The van der Waals surface area contributed by atoms with Gasteiger partial charge in [0, 0.05) is 18.2 Å². The van der Waals surface area contributed by atoms with Crippen LogP contribution in [0.25, 0.3) is 34.6 Å². The standard InChI is InChI=1S/C21H20N4O2/c1-3-12-25-18-10-9-16(13-17(18)22-21(25)26)20-23-19(27-24-20)11-8-15-6-4-14(2)5-7-15/h4-11,13H,3,12H2,1-2H3,(H,22,26)/b11-8+. The summed E-state index contributed by atoms with van der Waals surface area (Å²) < 4.78 is 7.06. The van der Waals surface area contributed by atoms with Gasteiger partial charge in [-0.25, -0.2) is 4.79 Å². The molecule has 0 aliphatic heterocycles. The van der Waals surface area contributed by atoms with Gasteiger partial charge in [0.15, 0.2) is 0 Å².